The molecule has 4 aromatic rings. The Balaban J connectivity index is 0.000000220. The molecule has 0 saturated carbocycles. The molecule has 0 aliphatic heterocycles. The molecule has 28 heavy (non-hydrogen) atoms. The van der Waals surface area contributed by atoms with E-state index in [-0.39, 0.29) is 0 Å². The van der Waals surface area contributed by atoms with Gasteiger partial charge in [0.05, 0.1) is 0 Å². The molecule has 2 radical (unpaired) electrons. The molecule has 0 spiro atoms. The number of rotatable bonds is 0. The first kappa shape index (κ1) is 24.7. The first-order chi connectivity index (χ1) is 13.4. The van der Waals surface area contributed by atoms with Gasteiger partial charge in [-0.3, -0.25) is 0 Å². The van der Waals surface area contributed by atoms with Crippen molar-refractivity contribution in [1.29, 1.82) is 0 Å². The van der Waals surface area contributed by atoms with Crippen molar-refractivity contribution in [2.75, 3.05) is 0 Å². The molecule has 0 aromatic heterocycles. The van der Waals surface area contributed by atoms with Gasteiger partial charge in [0.15, 0.2) is 0 Å². The van der Waals surface area contributed by atoms with Gasteiger partial charge in [0, 0.05) is 9.52 Å². The second-order valence-electron chi connectivity index (χ2n) is 6.79. The van der Waals surface area contributed by atoms with Crippen LogP contribution in [0.25, 0.3) is 21.5 Å². The SMILES string of the molecule is C[Si]C.Cc1cc2c(C)cccc2[cH-]1.Cc1cc2c(C)cccc2[cH-]1.[F][Zr+2][F]. The average molecular weight is 474 g/mol. The van der Waals surface area contributed by atoms with E-state index >= 15 is 0 Å². The molecule has 4 rings (SSSR count). The van der Waals surface area contributed by atoms with Gasteiger partial charge in [-0.2, -0.15) is 12.1 Å². The number of hydrogen-bond donors (Lipinski definition) is 0. The van der Waals surface area contributed by atoms with Crippen LogP contribution in [0.3, 0.4) is 0 Å². The zero-order valence-electron chi connectivity index (χ0n) is 17.5. The van der Waals surface area contributed by atoms with Crippen molar-refractivity contribution in [1.82, 2.24) is 0 Å². The van der Waals surface area contributed by atoms with Crippen LogP contribution in [0, 0.1) is 27.7 Å². The van der Waals surface area contributed by atoms with E-state index in [0.717, 1.165) is 9.52 Å². The van der Waals surface area contributed by atoms with Crippen LogP contribution >= 0.6 is 0 Å². The second-order valence-corrected chi connectivity index (χ2v) is 8.14. The van der Waals surface area contributed by atoms with Crippen molar-refractivity contribution in [3.8, 4) is 0 Å². The standard InChI is InChI=1S/2C11H11.C2H6Si.2FH.Zr/c2*1-8-6-10-5-3-4-9(2)11(10)7-8;1-3-2;;;/h2*3-7H,1-2H3;1-2H3;2*1H;/q2*-1;;;;+4/p-2. The van der Waals surface area contributed by atoms with Gasteiger partial charge in [-0.15, -0.1) is 69.1 Å². The molecule has 0 N–H and O–H groups in total. The van der Waals surface area contributed by atoms with Crippen LogP contribution in [-0.2, 0) is 24.5 Å². The van der Waals surface area contributed by atoms with E-state index in [9.17, 15) is 5.25 Å². The predicted molar refractivity (Wildman–Crippen MR) is 118 cm³/mol. The number of halogens is 2. The quantitative estimate of drug-likeness (QED) is 0.179. The fourth-order valence-electron chi connectivity index (χ4n) is 3.08. The Bertz CT molecular complexity index is 889. The molecule has 146 valence electrons. The van der Waals surface area contributed by atoms with Crippen LogP contribution in [-0.4, -0.2) is 9.52 Å². The Labute approximate surface area is 183 Å². The summed E-state index contributed by atoms with van der Waals surface area (Å²) in [4.78, 5) is 0. The number of benzene rings is 2. The van der Waals surface area contributed by atoms with E-state index in [1.807, 2.05) is 0 Å². The Morgan fingerprint density at radius 3 is 1.32 bits per heavy atom. The summed E-state index contributed by atoms with van der Waals surface area (Å²) in [5.41, 5.74) is 5.45. The van der Waals surface area contributed by atoms with Gasteiger partial charge in [0.2, 0.25) is 0 Å². The normalized spacial score (nSPS) is 9.43. The molecule has 0 nitrogen and oxygen atoms in total. The maximum atomic E-state index is 9.80. The van der Waals surface area contributed by atoms with Crippen LogP contribution < -0.4 is 0 Å². The van der Waals surface area contributed by atoms with Crippen molar-refractivity contribution in [3.05, 3.63) is 82.9 Å². The van der Waals surface area contributed by atoms with Crippen LogP contribution in [0.1, 0.15) is 22.3 Å². The molecule has 4 aromatic carbocycles. The zero-order valence-corrected chi connectivity index (χ0v) is 21.0. The summed E-state index contributed by atoms with van der Waals surface area (Å²) in [5.74, 6) is 0. The van der Waals surface area contributed by atoms with E-state index in [2.05, 4.69) is 101 Å². The minimum absolute atomic E-state index is 1.08. The molecular formula is C24H28F2SiZr. The summed E-state index contributed by atoms with van der Waals surface area (Å²) in [7, 11) is 1.08. The molecule has 0 aliphatic carbocycles. The second kappa shape index (κ2) is 13.0. The van der Waals surface area contributed by atoms with Crippen molar-refractivity contribution in [3.63, 3.8) is 0 Å². The Kier molecular flexibility index (Phi) is 11.4. The Hall–Kier alpha value is -1.38. The molecule has 0 atom stereocenters. The number of fused-ring (bicyclic) bond motifs is 2. The van der Waals surface area contributed by atoms with Gasteiger partial charge >= 0.3 is 29.7 Å². The Morgan fingerprint density at radius 2 is 1.04 bits per heavy atom. The first-order valence-corrected chi connectivity index (χ1v) is 13.0. The summed E-state index contributed by atoms with van der Waals surface area (Å²) >= 11 is -2.77. The van der Waals surface area contributed by atoms with Gasteiger partial charge < -0.3 is 0 Å². The summed E-state index contributed by atoms with van der Waals surface area (Å²) in [6, 6.07) is 21.8. The molecular weight excluding hydrogens is 446 g/mol. The zero-order chi connectivity index (χ0) is 21.1. The van der Waals surface area contributed by atoms with Crippen molar-refractivity contribution in [2.24, 2.45) is 0 Å². The molecule has 0 amide bonds. The van der Waals surface area contributed by atoms with Gasteiger partial charge in [-0.05, 0) is 13.8 Å². The van der Waals surface area contributed by atoms with Gasteiger partial charge in [-0.25, -0.2) is 0 Å². The van der Waals surface area contributed by atoms with Crippen molar-refractivity contribution >= 4 is 31.1 Å². The van der Waals surface area contributed by atoms with Gasteiger partial charge in [-0.1, -0.05) is 50.2 Å². The van der Waals surface area contributed by atoms with Crippen LogP contribution in [0.5, 0.6) is 0 Å². The molecule has 0 aliphatic rings. The van der Waals surface area contributed by atoms with Gasteiger partial charge in [0.1, 0.15) is 0 Å². The third-order valence-electron chi connectivity index (χ3n) is 4.23. The number of hydrogen-bond acceptors (Lipinski definition) is 0. The van der Waals surface area contributed by atoms with Crippen LogP contribution in [0.4, 0.5) is 5.25 Å². The maximum absolute atomic E-state index is 9.80. The van der Waals surface area contributed by atoms with E-state index in [1.165, 1.54) is 43.8 Å². The molecule has 0 fully saturated rings. The third kappa shape index (κ3) is 7.56. The fraction of sp³-hybridized carbons (Fsp3) is 0.250. The first-order valence-electron chi connectivity index (χ1n) is 9.18. The number of aryl methyl sites for hydroxylation is 4. The van der Waals surface area contributed by atoms with E-state index in [4.69, 9.17) is 0 Å². The molecule has 4 heteroatoms. The van der Waals surface area contributed by atoms with E-state index in [1.54, 1.807) is 0 Å². The van der Waals surface area contributed by atoms with E-state index in [0.29, 0.717) is 0 Å². The van der Waals surface area contributed by atoms with Crippen molar-refractivity contribution in [2.45, 2.75) is 40.8 Å². The van der Waals surface area contributed by atoms with Crippen molar-refractivity contribution < 1.29 is 29.7 Å². The summed E-state index contributed by atoms with van der Waals surface area (Å²) in [5, 5.41) is 5.51. The Morgan fingerprint density at radius 1 is 0.714 bits per heavy atom. The molecule has 0 unspecified atom stereocenters. The molecule has 0 saturated heterocycles. The molecule has 0 heterocycles. The minimum atomic E-state index is -2.77. The predicted octanol–water partition coefficient (Wildman–Crippen LogP) is 7.98. The average Bonchev–Trinajstić information content (AvgIpc) is 3.20. The molecule has 0 bridgehead atoms. The fourth-order valence-corrected chi connectivity index (χ4v) is 3.08. The summed E-state index contributed by atoms with van der Waals surface area (Å²) in [6.45, 7) is 12.9. The summed E-state index contributed by atoms with van der Waals surface area (Å²) < 4.78 is 19.6. The third-order valence-corrected chi connectivity index (χ3v) is 4.23. The van der Waals surface area contributed by atoms with E-state index < -0.39 is 24.5 Å². The summed E-state index contributed by atoms with van der Waals surface area (Å²) in [6.07, 6.45) is 0. The van der Waals surface area contributed by atoms with Crippen LogP contribution in [0.15, 0.2) is 60.7 Å². The topological polar surface area (TPSA) is 0 Å². The van der Waals surface area contributed by atoms with Crippen LogP contribution in [0.2, 0.25) is 13.1 Å². The van der Waals surface area contributed by atoms with Gasteiger partial charge in [0.25, 0.3) is 0 Å². The monoisotopic (exact) mass is 472 g/mol.